The van der Waals surface area contributed by atoms with Crippen molar-refractivity contribution >= 4 is 51.3 Å². The molecule has 13 nitrogen and oxygen atoms in total. The normalized spacial score (nSPS) is 31.3. The van der Waals surface area contributed by atoms with Crippen LogP contribution in [0.1, 0.15) is 45.7 Å². The van der Waals surface area contributed by atoms with Gasteiger partial charge >= 0.3 is 11.9 Å². The highest BCUT2D eigenvalue weighted by atomic mass is 32.2. The first-order chi connectivity index (χ1) is 18.6. The van der Waals surface area contributed by atoms with Crippen molar-refractivity contribution in [2.45, 2.75) is 78.5 Å². The zero-order chi connectivity index (χ0) is 29.4. The van der Waals surface area contributed by atoms with Gasteiger partial charge in [0.2, 0.25) is 24.5 Å². The third-order valence-electron chi connectivity index (χ3n) is 7.98. The lowest BCUT2D eigenvalue weighted by Crippen LogP contribution is -2.72. The fraction of sp³-hybridized carbons (Fsp3) is 0.560. The smallest absolute Gasteiger partial charge is 0.333 e. The van der Waals surface area contributed by atoms with Crippen LogP contribution in [0.25, 0.3) is 0 Å². The maximum absolute atomic E-state index is 13.4. The molecule has 4 aliphatic heterocycles. The zero-order valence-electron chi connectivity index (χ0n) is 22.2. The Kier molecular flexibility index (Phi) is 6.70. The summed E-state index contributed by atoms with van der Waals surface area (Å²) in [5, 5.41) is 0.806. The first-order valence-corrected chi connectivity index (χ1v) is 15.0. The number of nitrogens with one attached hydrogen (secondary N) is 1. The summed E-state index contributed by atoms with van der Waals surface area (Å²) in [5.74, 6) is -3.53. The van der Waals surface area contributed by atoms with Crippen molar-refractivity contribution in [3.63, 3.8) is 0 Å². The number of sulfone groups is 1. The van der Waals surface area contributed by atoms with Crippen LogP contribution >= 0.6 is 11.8 Å². The van der Waals surface area contributed by atoms with Crippen LogP contribution in [0.15, 0.2) is 30.3 Å². The maximum Gasteiger partial charge on any atom is 0.333 e. The molecule has 3 N–H and O–H groups in total. The molecule has 6 atom stereocenters. The van der Waals surface area contributed by atoms with Crippen LogP contribution in [0, 0.1) is 0 Å². The van der Waals surface area contributed by atoms with Crippen molar-refractivity contribution < 1.29 is 41.9 Å². The molecule has 15 heteroatoms. The molecular weight excluding hydrogens is 564 g/mol. The molecule has 1 aromatic carbocycles. The van der Waals surface area contributed by atoms with Crippen molar-refractivity contribution in [2.24, 2.45) is 5.73 Å². The summed E-state index contributed by atoms with van der Waals surface area (Å²) in [6.07, 6.45) is 0.336. The van der Waals surface area contributed by atoms with E-state index in [-0.39, 0.29) is 11.3 Å². The number of amides is 3. The second-order valence-electron chi connectivity index (χ2n) is 11.2. The molecule has 4 aliphatic rings. The minimum Gasteiger partial charge on any atom is -0.426 e. The topological polar surface area (TPSA) is 182 Å². The van der Waals surface area contributed by atoms with Crippen molar-refractivity contribution in [3.05, 3.63) is 35.9 Å². The third-order valence-corrected chi connectivity index (χ3v) is 12.3. The fourth-order valence-electron chi connectivity index (χ4n) is 5.74. The number of carbonyl (C=O) groups is 5. The van der Waals surface area contributed by atoms with E-state index in [0.717, 1.165) is 4.90 Å². The fourth-order valence-corrected chi connectivity index (χ4v) is 9.57. The first kappa shape index (κ1) is 28.4. The molecule has 40 heavy (non-hydrogen) atoms. The summed E-state index contributed by atoms with van der Waals surface area (Å²) in [5.41, 5.74) is 6.46. The largest absolute Gasteiger partial charge is 0.426 e. The van der Waals surface area contributed by atoms with Gasteiger partial charge in [-0.25, -0.2) is 18.0 Å². The molecule has 0 unspecified atom stereocenters. The molecule has 0 bridgehead atoms. The average molecular weight is 595 g/mol. The Hall–Kier alpha value is -3.17. The van der Waals surface area contributed by atoms with Gasteiger partial charge in [-0.05, 0) is 33.3 Å². The maximum atomic E-state index is 13.4. The van der Waals surface area contributed by atoms with E-state index in [2.05, 4.69) is 5.32 Å². The molecule has 0 radical (unpaired) electrons. The summed E-state index contributed by atoms with van der Waals surface area (Å²) in [4.78, 5) is 65.9. The average Bonchev–Trinajstić information content (AvgIpc) is 3.19. The van der Waals surface area contributed by atoms with E-state index in [1.165, 1.54) is 30.5 Å². The van der Waals surface area contributed by atoms with E-state index < -0.39 is 79.4 Å². The van der Waals surface area contributed by atoms with Crippen molar-refractivity contribution in [1.29, 1.82) is 0 Å². The van der Waals surface area contributed by atoms with Crippen LogP contribution in [0.4, 0.5) is 0 Å². The second-order valence-corrected chi connectivity index (χ2v) is 15.6. The lowest BCUT2D eigenvalue weighted by atomic mass is 9.95. The Morgan fingerprint density at radius 2 is 1.65 bits per heavy atom. The molecule has 0 saturated carbocycles. The quantitative estimate of drug-likeness (QED) is 0.234. The minimum absolute atomic E-state index is 0.114. The Bertz CT molecular complexity index is 1400. The van der Waals surface area contributed by atoms with Gasteiger partial charge < -0.3 is 30.3 Å². The molecule has 0 spiro atoms. The van der Waals surface area contributed by atoms with E-state index in [1.54, 1.807) is 30.3 Å². The van der Waals surface area contributed by atoms with Gasteiger partial charge in [-0.15, -0.1) is 11.8 Å². The molecule has 4 heterocycles. The lowest BCUT2D eigenvalue weighted by Gasteiger charge is -2.43. The third kappa shape index (κ3) is 4.08. The number of esters is 2. The molecule has 0 aliphatic carbocycles. The van der Waals surface area contributed by atoms with Gasteiger partial charge in [0.05, 0.1) is 11.8 Å². The highest BCUT2D eigenvalue weighted by molar-refractivity contribution is 8.01. The highest BCUT2D eigenvalue weighted by Crippen LogP contribution is 2.51. The molecule has 1 aromatic rings. The molecular formula is C25H30N4O9S2. The van der Waals surface area contributed by atoms with E-state index in [4.69, 9.17) is 15.2 Å². The summed E-state index contributed by atoms with van der Waals surface area (Å²) in [7, 11) is -4.17. The van der Waals surface area contributed by atoms with Gasteiger partial charge in [-0.2, -0.15) is 0 Å². The number of hydrogen-bond donors (Lipinski definition) is 2. The predicted octanol–water partition coefficient (Wildman–Crippen LogP) is -0.589. The monoisotopic (exact) mass is 594 g/mol. The van der Waals surface area contributed by atoms with E-state index >= 15 is 0 Å². The zero-order valence-corrected chi connectivity index (χ0v) is 23.9. The van der Waals surface area contributed by atoms with Gasteiger partial charge in [-0.1, -0.05) is 30.3 Å². The summed E-state index contributed by atoms with van der Waals surface area (Å²) in [6.45, 7) is 5.37. The number of benzene rings is 1. The summed E-state index contributed by atoms with van der Waals surface area (Å²) >= 11 is 1.48. The van der Waals surface area contributed by atoms with Crippen molar-refractivity contribution in [1.82, 2.24) is 15.1 Å². The summed E-state index contributed by atoms with van der Waals surface area (Å²) < 4.78 is 34.7. The SMILES string of the molecule is CC1(C)S[C@@H]2CC(=O)N2[C@@H]1C(=O)OCOC(=O)[C@H]1N2C(=O)[C@H](NC(=O)[C@@H](N)c3ccccc3)[C@@H]2S(=O)(=O)C1(C)C. The van der Waals surface area contributed by atoms with Crippen LogP contribution in [-0.2, 0) is 43.3 Å². The van der Waals surface area contributed by atoms with Gasteiger partial charge in [0.15, 0.2) is 15.2 Å². The van der Waals surface area contributed by atoms with E-state index in [1.807, 2.05) is 13.8 Å². The Labute approximate surface area is 235 Å². The van der Waals surface area contributed by atoms with Crippen LogP contribution in [-0.4, -0.2) is 93.0 Å². The van der Waals surface area contributed by atoms with Crippen LogP contribution in [0.2, 0.25) is 0 Å². The lowest BCUT2D eigenvalue weighted by molar-refractivity contribution is -0.181. The van der Waals surface area contributed by atoms with Gasteiger partial charge in [0.1, 0.15) is 28.9 Å². The number of nitrogens with two attached hydrogens (primary N) is 1. The Morgan fingerprint density at radius 1 is 1.05 bits per heavy atom. The number of β-lactam (4-membered cyclic amide) rings is 2. The molecule has 4 fully saturated rings. The number of fused-ring (bicyclic) bond motifs is 2. The van der Waals surface area contributed by atoms with Crippen LogP contribution < -0.4 is 11.1 Å². The number of nitrogens with zero attached hydrogens (tertiary/aromatic N) is 2. The number of thioether (sulfide) groups is 1. The number of hydrogen-bond acceptors (Lipinski definition) is 11. The van der Waals surface area contributed by atoms with Crippen LogP contribution in [0.5, 0.6) is 0 Å². The summed E-state index contributed by atoms with van der Waals surface area (Å²) in [6, 6.07) is 3.40. The van der Waals surface area contributed by atoms with Gasteiger partial charge in [0, 0.05) is 4.75 Å². The first-order valence-electron chi connectivity index (χ1n) is 12.6. The van der Waals surface area contributed by atoms with E-state index in [9.17, 15) is 32.4 Å². The second kappa shape index (κ2) is 9.45. The van der Waals surface area contributed by atoms with Crippen molar-refractivity contribution in [2.75, 3.05) is 6.79 Å². The molecule has 3 amide bonds. The molecule has 0 aromatic heterocycles. The highest BCUT2D eigenvalue weighted by Gasteiger charge is 2.73. The Morgan fingerprint density at radius 3 is 2.25 bits per heavy atom. The number of rotatable bonds is 7. The predicted molar refractivity (Wildman–Crippen MR) is 140 cm³/mol. The van der Waals surface area contributed by atoms with E-state index in [0.29, 0.717) is 12.0 Å². The molecule has 216 valence electrons. The van der Waals surface area contributed by atoms with Crippen molar-refractivity contribution in [3.8, 4) is 0 Å². The van der Waals surface area contributed by atoms with Crippen LogP contribution in [0.3, 0.4) is 0 Å². The number of ether oxygens (including phenoxy) is 2. The van der Waals surface area contributed by atoms with Gasteiger partial charge in [-0.3, -0.25) is 14.4 Å². The standard InChI is InChI=1S/C25H30N4O9S2/c1-24(2)17(28-13(30)10-14(28)39-24)22(33)37-11-38-23(34)18-25(3,4)40(35,36)21-16(20(32)29(18)21)27-19(31)15(26)12-8-6-5-7-9-12/h5-9,14-18,21H,10-11,26H2,1-4H3,(H,27,31)/t14-,15+,16+,17-,18-,21+/m1/s1. The molecule has 5 rings (SSSR count). The molecule has 4 saturated heterocycles. The Balaban J connectivity index is 1.24. The number of carbonyl (C=O) groups excluding carboxylic acids is 5. The van der Waals surface area contributed by atoms with Gasteiger partial charge in [0.25, 0.3) is 0 Å². The minimum atomic E-state index is -4.17.